The van der Waals surface area contributed by atoms with Gasteiger partial charge in [-0.2, -0.15) is 0 Å². The Balaban J connectivity index is 2.45. The van der Waals surface area contributed by atoms with Gasteiger partial charge in [-0.05, 0) is 66.0 Å². The number of halogens is 5. The molecule has 7 heteroatoms. The second-order valence-electron chi connectivity index (χ2n) is 3.54. The molecular formula is C11H6Br3F2NS. The average Bonchev–Trinajstić information content (AvgIpc) is 2.63. The van der Waals surface area contributed by atoms with Crippen molar-refractivity contribution in [2.75, 3.05) is 0 Å². The van der Waals surface area contributed by atoms with Crippen LogP contribution in [0.1, 0.15) is 16.5 Å². The first kappa shape index (κ1) is 14.6. The zero-order valence-electron chi connectivity index (χ0n) is 8.68. The lowest BCUT2D eigenvalue weighted by Crippen LogP contribution is -2.12. The summed E-state index contributed by atoms with van der Waals surface area (Å²) < 4.78 is 29.0. The highest BCUT2D eigenvalue weighted by atomic mass is 79.9. The van der Waals surface area contributed by atoms with Gasteiger partial charge in [0.05, 0.1) is 14.3 Å². The van der Waals surface area contributed by atoms with Crippen LogP contribution in [0.2, 0.25) is 0 Å². The Hall–Kier alpha value is 0.180. The van der Waals surface area contributed by atoms with Gasteiger partial charge in [-0.15, -0.1) is 11.3 Å². The van der Waals surface area contributed by atoms with Crippen molar-refractivity contribution in [3.63, 3.8) is 0 Å². The summed E-state index contributed by atoms with van der Waals surface area (Å²) in [6.07, 6.45) is 0. The smallest absolute Gasteiger partial charge is 0.137 e. The molecule has 2 N–H and O–H groups in total. The molecule has 0 fully saturated rings. The first-order valence-corrected chi connectivity index (χ1v) is 7.94. The van der Waals surface area contributed by atoms with E-state index in [9.17, 15) is 8.78 Å². The average molecular weight is 462 g/mol. The Labute approximate surface area is 132 Å². The Morgan fingerprint density at radius 2 is 1.67 bits per heavy atom. The van der Waals surface area contributed by atoms with Gasteiger partial charge in [-0.25, -0.2) is 8.78 Å². The minimum absolute atomic E-state index is 0.0875. The van der Waals surface area contributed by atoms with E-state index in [-0.39, 0.29) is 10.0 Å². The van der Waals surface area contributed by atoms with Crippen LogP contribution in [0.3, 0.4) is 0 Å². The Bertz CT molecular complexity index is 581. The molecule has 0 amide bonds. The topological polar surface area (TPSA) is 26.0 Å². The second kappa shape index (κ2) is 5.66. The van der Waals surface area contributed by atoms with E-state index >= 15 is 0 Å². The standard InChI is InChI=1S/C11H6Br3F2NS/c12-5-2-7(15)4(1-8(5)16)10(17)9-3-6(13)11(14)18-9/h1-3,10H,17H2. The molecule has 0 radical (unpaired) electrons. The van der Waals surface area contributed by atoms with Crippen molar-refractivity contribution >= 4 is 59.1 Å². The van der Waals surface area contributed by atoms with Crippen molar-refractivity contribution in [2.24, 2.45) is 5.73 Å². The molecule has 1 nitrogen and oxygen atoms in total. The first-order valence-electron chi connectivity index (χ1n) is 4.75. The van der Waals surface area contributed by atoms with Crippen LogP contribution >= 0.6 is 59.1 Å². The molecule has 0 spiro atoms. The predicted octanol–water partition coefficient (Wildman–Crippen LogP) is 5.36. The fraction of sp³-hybridized carbons (Fsp3) is 0.0909. The van der Waals surface area contributed by atoms with E-state index < -0.39 is 17.7 Å². The Morgan fingerprint density at radius 3 is 2.22 bits per heavy atom. The molecular weight excluding hydrogens is 456 g/mol. The van der Waals surface area contributed by atoms with Crippen LogP contribution in [-0.2, 0) is 0 Å². The van der Waals surface area contributed by atoms with Gasteiger partial charge in [-0.3, -0.25) is 0 Å². The van der Waals surface area contributed by atoms with Gasteiger partial charge in [0, 0.05) is 14.9 Å². The third kappa shape index (κ3) is 2.85. The number of hydrogen-bond donors (Lipinski definition) is 1. The summed E-state index contributed by atoms with van der Waals surface area (Å²) >= 11 is 11.0. The van der Waals surface area contributed by atoms with Crippen LogP contribution in [0.4, 0.5) is 8.78 Å². The predicted molar refractivity (Wildman–Crippen MR) is 79.8 cm³/mol. The zero-order valence-corrected chi connectivity index (χ0v) is 14.3. The molecule has 18 heavy (non-hydrogen) atoms. The maximum atomic E-state index is 13.8. The molecule has 1 atom stereocenters. The van der Waals surface area contributed by atoms with Gasteiger partial charge in [0.1, 0.15) is 11.6 Å². The number of hydrogen-bond acceptors (Lipinski definition) is 2. The van der Waals surface area contributed by atoms with Crippen molar-refractivity contribution in [3.05, 3.63) is 53.0 Å². The number of rotatable bonds is 2. The van der Waals surface area contributed by atoms with Crippen molar-refractivity contribution in [1.82, 2.24) is 0 Å². The van der Waals surface area contributed by atoms with E-state index in [2.05, 4.69) is 47.8 Å². The summed E-state index contributed by atoms with van der Waals surface area (Å²) in [5.74, 6) is -1.06. The Morgan fingerprint density at radius 1 is 1.00 bits per heavy atom. The van der Waals surface area contributed by atoms with Crippen LogP contribution in [0.5, 0.6) is 0 Å². The minimum Gasteiger partial charge on any atom is -0.320 e. The normalized spacial score (nSPS) is 12.8. The highest BCUT2D eigenvalue weighted by molar-refractivity contribution is 9.13. The lowest BCUT2D eigenvalue weighted by atomic mass is 10.1. The van der Waals surface area contributed by atoms with Gasteiger partial charge in [0.15, 0.2) is 0 Å². The molecule has 96 valence electrons. The zero-order chi connectivity index (χ0) is 13.4. The van der Waals surface area contributed by atoms with Crippen LogP contribution in [0.15, 0.2) is 30.9 Å². The first-order chi connectivity index (χ1) is 8.40. The quantitative estimate of drug-likeness (QED) is 0.598. The van der Waals surface area contributed by atoms with E-state index in [1.807, 2.05) is 0 Å². The lowest BCUT2D eigenvalue weighted by Gasteiger charge is -2.11. The molecule has 1 aromatic carbocycles. The highest BCUT2D eigenvalue weighted by Gasteiger charge is 2.19. The van der Waals surface area contributed by atoms with E-state index in [1.165, 1.54) is 11.3 Å². The number of nitrogens with two attached hydrogens (primary N) is 1. The Kier molecular flexibility index (Phi) is 4.59. The summed E-state index contributed by atoms with van der Waals surface area (Å²) in [6.45, 7) is 0. The summed E-state index contributed by atoms with van der Waals surface area (Å²) in [7, 11) is 0. The summed E-state index contributed by atoms with van der Waals surface area (Å²) in [5.41, 5.74) is 6.10. The molecule has 0 aliphatic rings. The lowest BCUT2D eigenvalue weighted by molar-refractivity contribution is 0.573. The van der Waals surface area contributed by atoms with Crippen LogP contribution < -0.4 is 5.73 Å². The molecule has 2 rings (SSSR count). The van der Waals surface area contributed by atoms with Crippen LogP contribution in [-0.4, -0.2) is 0 Å². The molecule has 0 aliphatic heterocycles. The monoisotopic (exact) mass is 459 g/mol. The number of thiophene rings is 1. The molecule has 0 bridgehead atoms. The van der Waals surface area contributed by atoms with Gasteiger partial charge < -0.3 is 5.73 Å². The van der Waals surface area contributed by atoms with Crippen molar-refractivity contribution in [1.29, 1.82) is 0 Å². The minimum atomic E-state index is -0.694. The SMILES string of the molecule is NC(c1cc(Br)c(Br)s1)c1cc(F)c(Br)cc1F. The van der Waals surface area contributed by atoms with Gasteiger partial charge in [0.25, 0.3) is 0 Å². The van der Waals surface area contributed by atoms with Gasteiger partial charge >= 0.3 is 0 Å². The fourth-order valence-corrected chi connectivity index (χ4v) is 3.87. The maximum absolute atomic E-state index is 13.8. The van der Waals surface area contributed by atoms with Crippen molar-refractivity contribution in [2.45, 2.75) is 6.04 Å². The number of benzene rings is 1. The highest BCUT2D eigenvalue weighted by Crippen LogP contribution is 2.37. The van der Waals surface area contributed by atoms with Crippen molar-refractivity contribution in [3.8, 4) is 0 Å². The summed E-state index contributed by atoms with van der Waals surface area (Å²) in [5, 5.41) is 0. The molecule has 0 aliphatic carbocycles. The van der Waals surface area contributed by atoms with E-state index in [4.69, 9.17) is 5.73 Å². The van der Waals surface area contributed by atoms with Gasteiger partial charge in [-0.1, -0.05) is 0 Å². The van der Waals surface area contributed by atoms with E-state index in [0.717, 1.165) is 25.3 Å². The molecule has 2 aromatic rings. The maximum Gasteiger partial charge on any atom is 0.137 e. The molecule has 1 aromatic heterocycles. The fourth-order valence-electron chi connectivity index (χ4n) is 1.45. The van der Waals surface area contributed by atoms with Gasteiger partial charge in [0.2, 0.25) is 0 Å². The molecule has 0 saturated heterocycles. The largest absolute Gasteiger partial charge is 0.320 e. The van der Waals surface area contributed by atoms with E-state index in [1.54, 1.807) is 6.07 Å². The molecule has 1 heterocycles. The summed E-state index contributed by atoms with van der Waals surface area (Å²) in [6, 6.07) is 3.30. The van der Waals surface area contributed by atoms with Crippen LogP contribution in [0.25, 0.3) is 0 Å². The molecule has 1 unspecified atom stereocenters. The van der Waals surface area contributed by atoms with E-state index in [0.29, 0.717) is 0 Å². The van der Waals surface area contributed by atoms with Crippen LogP contribution in [0, 0.1) is 11.6 Å². The van der Waals surface area contributed by atoms with Crippen molar-refractivity contribution < 1.29 is 8.78 Å². The summed E-state index contributed by atoms with van der Waals surface area (Å²) in [4.78, 5) is 0.745. The third-order valence-electron chi connectivity index (χ3n) is 2.35. The second-order valence-corrected chi connectivity index (χ2v) is 7.65. The molecule has 0 saturated carbocycles. The third-order valence-corrected chi connectivity index (χ3v) is 6.29.